The maximum absolute atomic E-state index is 4.19. The van der Waals surface area contributed by atoms with E-state index in [1.807, 2.05) is 11.7 Å². The van der Waals surface area contributed by atoms with Crippen molar-refractivity contribution in [1.82, 2.24) is 20.3 Å². The first kappa shape index (κ1) is 16.0. The molecule has 0 aliphatic heterocycles. The van der Waals surface area contributed by atoms with Gasteiger partial charge in [0.2, 0.25) is 0 Å². The van der Waals surface area contributed by atoms with Crippen molar-refractivity contribution in [3.63, 3.8) is 0 Å². The summed E-state index contributed by atoms with van der Waals surface area (Å²) in [7, 11) is 2.00. The van der Waals surface area contributed by atoms with Crippen molar-refractivity contribution in [1.29, 1.82) is 0 Å². The second-order valence-corrected chi connectivity index (χ2v) is 7.30. The molecule has 114 valence electrons. The molecule has 1 unspecified atom stereocenters. The van der Waals surface area contributed by atoms with Gasteiger partial charge in [0.1, 0.15) is 0 Å². The van der Waals surface area contributed by atoms with Gasteiger partial charge in [-0.15, -0.1) is 5.10 Å². The number of nitrogens with one attached hydrogen (secondary N) is 1. The molecule has 5 heteroatoms. The number of aromatic nitrogens is 3. The molecule has 0 saturated heterocycles. The van der Waals surface area contributed by atoms with E-state index < -0.39 is 0 Å². The Bertz CT molecular complexity index is 416. The van der Waals surface area contributed by atoms with Crippen molar-refractivity contribution < 1.29 is 0 Å². The van der Waals surface area contributed by atoms with Crippen molar-refractivity contribution in [3.8, 4) is 0 Å². The van der Waals surface area contributed by atoms with Gasteiger partial charge in [0.25, 0.3) is 0 Å². The van der Waals surface area contributed by atoms with Gasteiger partial charge >= 0.3 is 0 Å². The number of aryl methyl sites for hydroxylation is 1. The highest BCUT2D eigenvalue weighted by Crippen LogP contribution is 2.52. The molecular formula is C15H27BrN4. The largest absolute Gasteiger partial charge is 0.308 e. The highest BCUT2D eigenvalue weighted by atomic mass is 79.9. The SMILES string of the molecule is CCNC(c1c(Br)nnn1C)C1(CC(C)C)CCCC1. The highest BCUT2D eigenvalue weighted by molar-refractivity contribution is 9.10. The third kappa shape index (κ3) is 3.08. The van der Waals surface area contributed by atoms with Gasteiger partial charge in [-0.1, -0.05) is 38.8 Å². The first-order chi connectivity index (χ1) is 9.50. The van der Waals surface area contributed by atoms with Gasteiger partial charge in [-0.25, -0.2) is 4.68 Å². The summed E-state index contributed by atoms with van der Waals surface area (Å²) in [6.45, 7) is 7.82. The summed E-state index contributed by atoms with van der Waals surface area (Å²) in [5, 5.41) is 12.1. The molecule has 1 aromatic rings. The van der Waals surface area contributed by atoms with Crippen molar-refractivity contribution in [2.75, 3.05) is 6.54 Å². The minimum absolute atomic E-state index is 0.340. The third-order valence-corrected chi connectivity index (χ3v) is 5.10. The minimum Gasteiger partial charge on any atom is -0.308 e. The van der Waals surface area contributed by atoms with E-state index in [1.165, 1.54) is 37.8 Å². The summed E-state index contributed by atoms with van der Waals surface area (Å²) >= 11 is 3.59. The highest BCUT2D eigenvalue weighted by Gasteiger charge is 2.44. The fourth-order valence-electron chi connectivity index (χ4n) is 3.96. The zero-order chi connectivity index (χ0) is 14.8. The summed E-state index contributed by atoms with van der Waals surface area (Å²) in [6.07, 6.45) is 6.57. The van der Waals surface area contributed by atoms with Crippen LogP contribution in [0.4, 0.5) is 0 Å². The van der Waals surface area contributed by atoms with Gasteiger partial charge in [-0.05, 0) is 53.1 Å². The Kier molecular flexibility index (Phi) is 5.24. The predicted molar refractivity (Wildman–Crippen MR) is 85.5 cm³/mol. The molecule has 0 bridgehead atoms. The average Bonchev–Trinajstić information content (AvgIpc) is 2.95. The standard InChI is InChI=1S/C15H27BrN4/c1-5-17-13(12-14(16)18-19-20(12)4)15(10-11(2)3)8-6-7-9-15/h11,13,17H,5-10H2,1-4H3. The van der Waals surface area contributed by atoms with Gasteiger partial charge in [0.05, 0.1) is 11.7 Å². The Morgan fingerprint density at radius 3 is 2.45 bits per heavy atom. The van der Waals surface area contributed by atoms with E-state index in [2.05, 4.69) is 52.3 Å². The third-order valence-electron chi connectivity index (χ3n) is 4.53. The van der Waals surface area contributed by atoms with Crippen LogP contribution in [0.2, 0.25) is 0 Å². The lowest BCUT2D eigenvalue weighted by Gasteiger charge is -2.39. The predicted octanol–water partition coefficient (Wildman–Crippen LogP) is 3.83. The topological polar surface area (TPSA) is 42.7 Å². The molecule has 2 rings (SSSR count). The molecule has 0 amide bonds. The van der Waals surface area contributed by atoms with Crippen molar-refractivity contribution >= 4 is 15.9 Å². The van der Waals surface area contributed by atoms with Crippen LogP contribution >= 0.6 is 15.9 Å². The van der Waals surface area contributed by atoms with Crippen LogP contribution in [0, 0.1) is 11.3 Å². The fraction of sp³-hybridized carbons (Fsp3) is 0.867. The molecule has 1 aliphatic carbocycles. The molecule has 1 aromatic heterocycles. The maximum Gasteiger partial charge on any atom is 0.153 e. The Morgan fingerprint density at radius 1 is 1.35 bits per heavy atom. The van der Waals surface area contributed by atoms with Gasteiger partial charge < -0.3 is 5.32 Å². The van der Waals surface area contributed by atoms with E-state index >= 15 is 0 Å². The molecule has 0 radical (unpaired) electrons. The Labute approximate surface area is 130 Å². The molecule has 1 aliphatic rings. The molecule has 1 heterocycles. The monoisotopic (exact) mass is 342 g/mol. The normalized spacial score (nSPS) is 19.7. The van der Waals surface area contributed by atoms with Crippen molar-refractivity contribution in [3.05, 3.63) is 10.3 Å². The zero-order valence-electron chi connectivity index (χ0n) is 13.1. The minimum atomic E-state index is 0.340. The lowest BCUT2D eigenvalue weighted by Crippen LogP contribution is -2.39. The van der Waals surface area contributed by atoms with Gasteiger partial charge in [-0.2, -0.15) is 0 Å². The quantitative estimate of drug-likeness (QED) is 0.854. The van der Waals surface area contributed by atoms with Crippen molar-refractivity contribution in [2.24, 2.45) is 18.4 Å². The summed E-state index contributed by atoms with van der Waals surface area (Å²) < 4.78 is 2.82. The van der Waals surface area contributed by atoms with Crippen LogP contribution in [0.1, 0.15) is 64.6 Å². The summed E-state index contributed by atoms with van der Waals surface area (Å²) in [5.74, 6) is 0.717. The van der Waals surface area contributed by atoms with E-state index in [-0.39, 0.29) is 0 Å². The molecule has 1 saturated carbocycles. The second kappa shape index (κ2) is 6.56. The van der Waals surface area contributed by atoms with Crippen LogP contribution in [0.15, 0.2) is 4.60 Å². The van der Waals surface area contributed by atoms with Gasteiger partial charge in [0, 0.05) is 7.05 Å². The lowest BCUT2D eigenvalue weighted by molar-refractivity contribution is 0.150. The van der Waals surface area contributed by atoms with Crippen LogP contribution in [-0.2, 0) is 7.05 Å². The maximum atomic E-state index is 4.19. The fourth-order valence-corrected chi connectivity index (χ4v) is 4.51. The number of halogens is 1. The second-order valence-electron chi connectivity index (χ2n) is 6.55. The van der Waals surface area contributed by atoms with Crippen LogP contribution in [0.3, 0.4) is 0 Å². The number of rotatable bonds is 6. The Balaban J connectivity index is 2.39. The first-order valence-electron chi connectivity index (χ1n) is 7.78. The Morgan fingerprint density at radius 2 is 2.00 bits per heavy atom. The first-order valence-corrected chi connectivity index (χ1v) is 8.58. The average molecular weight is 343 g/mol. The summed E-state index contributed by atoms with van der Waals surface area (Å²) in [4.78, 5) is 0. The zero-order valence-corrected chi connectivity index (χ0v) is 14.7. The van der Waals surface area contributed by atoms with Crippen LogP contribution in [0.25, 0.3) is 0 Å². The molecule has 1 N–H and O–H groups in total. The van der Waals surface area contributed by atoms with E-state index in [9.17, 15) is 0 Å². The Hall–Kier alpha value is -0.420. The molecule has 1 fully saturated rings. The van der Waals surface area contributed by atoms with E-state index in [4.69, 9.17) is 0 Å². The molecule has 0 spiro atoms. The summed E-state index contributed by atoms with van der Waals surface area (Å²) in [6, 6.07) is 0.340. The van der Waals surface area contributed by atoms with Crippen LogP contribution in [-0.4, -0.2) is 21.5 Å². The molecular weight excluding hydrogens is 316 g/mol. The number of nitrogens with zero attached hydrogens (tertiary/aromatic N) is 3. The smallest absolute Gasteiger partial charge is 0.153 e. The van der Waals surface area contributed by atoms with Gasteiger partial charge in [-0.3, -0.25) is 0 Å². The van der Waals surface area contributed by atoms with Crippen molar-refractivity contribution in [2.45, 2.75) is 58.9 Å². The molecule has 4 nitrogen and oxygen atoms in total. The van der Waals surface area contributed by atoms with Gasteiger partial charge in [0.15, 0.2) is 4.60 Å². The molecule has 20 heavy (non-hydrogen) atoms. The van der Waals surface area contributed by atoms with E-state index in [0.29, 0.717) is 17.4 Å². The molecule has 0 aromatic carbocycles. The number of hydrogen-bond acceptors (Lipinski definition) is 3. The summed E-state index contributed by atoms with van der Waals surface area (Å²) in [5.41, 5.74) is 1.55. The number of hydrogen-bond donors (Lipinski definition) is 1. The lowest BCUT2D eigenvalue weighted by atomic mass is 9.71. The van der Waals surface area contributed by atoms with E-state index in [0.717, 1.165) is 11.1 Å². The van der Waals surface area contributed by atoms with Crippen LogP contribution < -0.4 is 5.32 Å². The molecule has 1 atom stereocenters. The van der Waals surface area contributed by atoms with E-state index in [1.54, 1.807) is 0 Å². The van der Waals surface area contributed by atoms with Crippen LogP contribution in [0.5, 0.6) is 0 Å².